The highest BCUT2D eigenvalue weighted by molar-refractivity contribution is 9.10. The first-order valence-corrected chi connectivity index (χ1v) is 13.5. The molecule has 2 amide bonds. The van der Waals surface area contributed by atoms with E-state index in [1.807, 2.05) is 31.2 Å². The monoisotopic (exact) mass is 587 g/mol. The van der Waals surface area contributed by atoms with Gasteiger partial charge in [0, 0.05) is 22.0 Å². The van der Waals surface area contributed by atoms with Crippen molar-refractivity contribution in [3.8, 4) is 0 Å². The van der Waals surface area contributed by atoms with Crippen molar-refractivity contribution < 1.29 is 18.0 Å². The molecule has 0 spiro atoms. The zero-order valence-electron chi connectivity index (χ0n) is 18.2. The summed E-state index contributed by atoms with van der Waals surface area (Å²) in [4.78, 5) is 27.4. The summed E-state index contributed by atoms with van der Waals surface area (Å²) < 4.78 is 27.6. The minimum Gasteiger partial charge on any atom is -0.354 e. The molecule has 0 fully saturated rings. The van der Waals surface area contributed by atoms with Crippen LogP contribution >= 0.6 is 31.9 Å². The number of nitrogens with one attached hydrogen (secondary N) is 1. The van der Waals surface area contributed by atoms with E-state index in [1.165, 1.54) is 4.90 Å². The van der Waals surface area contributed by atoms with E-state index in [1.54, 1.807) is 31.2 Å². The molecule has 0 saturated heterocycles. The lowest BCUT2D eigenvalue weighted by Crippen LogP contribution is -2.51. The summed E-state index contributed by atoms with van der Waals surface area (Å²) in [6.45, 7) is 3.82. The van der Waals surface area contributed by atoms with Crippen LogP contribution in [0.1, 0.15) is 25.8 Å². The van der Waals surface area contributed by atoms with Gasteiger partial charge < -0.3 is 10.2 Å². The normalized spacial score (nSPS) is 12.2. The highest BCUT2D eigenvalue weighted by Crippen LogP contribution is 2.23. The zero-order chi connectivity index (χ0) is 23.9. The minimum absolute atomic E-state index is 0.162. The largest absolute Gasteiger partial charge is 0.354 e. The van der Waals surface area contributed by atoms with Crippen LogP contribution in [0, 0.1) is 0 Å². The predicted octanol–water partition coefficient (Wildman–Crippen LogP) is 3.92. The Labute approximate surface area is 206 Å². The SMILES string of the molecule is CCCNC(=O)[C@H](C)N(Cc1cccc(Br)c1)C(=O)CN(c1cccc(Br)c1)S(C)(=O)=O. The summed E-state index contributed by atoms with van der Waals surface area (Å²) in [5.74, 6) is -0.766. The van der Waals surface area contributed by atoms with Crippen molar-refractivity contribution in [2.24, 2.45) is 0 Å². The molecule has 174 valence electrons. The quantitative estimate of drug-likeness (QED) is 0.456. The number of anilines is 1. The van der Waals surface area contributed by atoms with Gasteiger partial charge in [0.05, 0.1) is 11.9 Å². The standard InChI is InChI=1S/C22H27Br2N3O4S/c1-4-11-25-22(29)16(2)26(14-17-7-5-8-18(23)12-17)21(28)15-27(32(3,30)31)20-10-6-9-19(24)13-20/h5-10,12-13,16H,4,11,14-15H2,1-3H3,(H,25,29)/t16-/m0/s1. The van der Waals surface area contributed by atoms with Gasteiger partial charge in [-0.1, -0.05) is 57.0 Å². The van der Waals surface area contributed by atoms with Crippen molar-refractivity contribution in [2.45, 2.75) is 32.9 Å². The molecule has 32 heavy (non-hydrogen) atoms. The lowest BCUT2D eigenvalue weighted by atomic mass is 10.1. The molecule has 0 aliphatic carbocycles. The van der Waals surface area contributed by atoms with E-state index in [9.17, 15) is 18.0 Å². The molecule has 0 saturated carbocycles. The fourth-order valence-corrected chi connectivity index (χ4v) is 4.73. The molecule has 2 rings (SSSR count). The highest BCUT2D eigenvalue weighted by Gasteiger charge is 2.30. The van der Waals surface area contributed by atoms with E-state index in [4.69, 9.17) is 0 Å². The maximum atomic E-state index is 13.4. The van der Waals surface area contributed by atoms with Crippen LogP contribution in [0.15, 0.2) is 57.5 Å². The van der Waals surface area contributed by atoms with Crippen LogP contribution in [0.5, 0.6) is 0 Å². The molecule has 0 unspecified atom stereocenters. The molecule has 0 heterocycles. The van der Waals surface area contributed by atoms with Gasteiger partial charge in [-0.15, -0.1) is 0 Å². The summed E-state index contributed by atoms with van der Waals surface area (Å²) in [6.07, 6.45) is 1.82. The van der Waals surface area contributed by atoms with Gasteiger partial charge in [0.15, 0.2) is 0 Å². The Morgan fingerprint density at radius 3 is 2.25 bits per heavy atom. The number of rotatable bonds is 10. The fourth-order valence-electron chi connectivity index (χ4n) is 3.06. The first-order chi connectivity index (χ1) is 15.0. The Balaban J connectivity index is 2.37. The predicted molar refractivity (Wildman–Crippen MR) is 134 cm³/mol. The third kappa shape index (κ3) is 7.60. The van der Waals surface area contributed by atoms with E-state index in [-0.39, 0.29) is 12.5 Å². The average Bonchev–Trinajstić information content (AvgIpc) is 2.72. The van der Waals surface area contributed by atoms with Gasteiger partial charge in [-0.05, 0) is 49.2 Å². The van der Waals surface area contributed by atoms with E-state index in [2.05, 4.69) is 37.2 Å². The lowest BCUT2D eigenvalue weighted by molar-refractivity contribution is -0.139. The number of sulfonamides is 1. The first-order valence-electron chi connectivity index (χ1n) is 10.1. The van der Waals surface area contributed by atoms with Crippen molar-refractivity contribution in [2.75, 3.05) is 23.7 Å². The van der Waals surface area contributed by atoms with Crippen LogP contribution < -0.4 is 9.62 Å². The van der Waals surface area contributed by atoms with Crippen molar-refractivity contribution in [1.82, 2.24) is 10.2 Å². The van der Waals surface area contributed by atoms with Crippen LogP contribution in [0.4, 0.5) is 5.69 Å². The van der Waals surface area contributed by atoms with Crippen LogP contribution in [0.25, 0.3) is 0 Å². The third-order valence-corrected chi connectivity index (χ3v) is 6.86. The molecule has 1 N–H and O–H groups in total. The average molecular weight is 589 g/mol. The van der Waals surface area contributed by atoms with E-state index < -0.39 is 28.5 Å². The number of carbonyl (C=O) groups is 2. The summed E-state index contributed by atoms with van der Waals surface area (Å²) in [5, 5.41) is 2.81. The fraction of sp³-hybridized carbons (Fsp3) is 0.364. The maximum Gasteiger partial charge on any atom is 0.244 e. The van der Waals surface area contributed by atoms with Crippen LogP contribution in [0.2, 0.25) is 0 Å². The summed E-state index contributed by atoms with van der Waals surface area (Å²) in [6, 6.07) is 13.4. The number of hydrogen-bond donors (Lipinski definition) is 1. The Morgan fingerprint density at radius 2 is 1.69 bits per heavy atom. The van der Waals surface area contributed by atoms with Gasteiger partial charge in [-0.25, -0.2) is 8.42 Å². The lowest BCUT2D eigenvalue weighted by Gasteiger charge is -2.31. The molecule has 0 aromatic heterocycles. The van der Waals surface area contributed by atoms with Crippen LogP contribution in [-0.2, 0) is 26.2 Å². The van der Waals surface area contributed by atoms with Crippen LogP contribution in [0.3, 0.4) is 0 Å². The molecular weight excluding hydrogens is 562 g/mol. The van der Waals surface area contributed by atoms with Gasteiger partial charge in [0.2, 0.25) is 21.8 Å². The molecular formula is C22H27Br2N3O4S. The van der Waals surface area contributed by atoms with Gasteiger partial charge in [0.1, 0.15) is 12.6 Å². The molecule has 2 aromatic rings. The number of amides is 2. The number of benzene rings is 2. The molecule has 0 radical (unpaired) electrons. The smallest absolute Gasteiger partial charge is 0.244 e. The second kappa shape index (κ2) is 11.8. The highest BCUT2D eigenvalue weighted by atomic mass is 79.9. The second-order valence-corrected chi connectivity index (χ2v) is 11.1. The molecule has 1 atom stereocenters. The topological polar surface area (TPSA) is 86.8 Å². The molecule has 0 aliphatic rings. The maximum absolute atomic E-state index is 13.4. The molecule has 0 aliphatic heterocycles. The number of halogens is 2. The first kappa shape index (κ1) is 26.3. The Bertz CT molecular complexity index is 1060. The van der Waals surface area contributed by atoms with Crippen molar-refractivity contribution in [3.63, 3.8) is 0 Å². The third-order valence-electron chi connectivity index (χ3n) is 4.73. The van der Waals surface area contributed by atoms with Gasteiger partial charge >= 0.3 is 0 Å². The Kier molecular flexibility index (Phi) is 9.72. The Morgan fingerprint density at radius 1 is 1.06 bits per heavy atom. The molecule has 2 aromatic carbocycles. The van der Waals surface area contributed by atoms with Crippen molar-refractivity contribution in [1.29, 1.82) is 0 Å². The summed E-state index contributed by atoms with van der Waals surface area (Å²) in [5.41, 5.74) is 1.18. The number of hydrogen-bond acceptors (Lipinski definition) is 4. The number of carbonyl (C=O) groups excluding carboxylic acids is 2. The molecule has 10 heteroatoms. The summed E-state index contributed by atoms with van der Waals surface area (Å²) >= 11 is 6.75. The van der Waals surface area contributed by atoms with Gasteiger partial charge in [-0.2, -0.15) is 0 Å². The van der Waals surface area contributed by atoms with Crippen molar-refractivity contribution in [3.05, 3.63) is 63.0 Å². The minimum atomic E-state index is -3.75. The van der Waals surface area contributed by atoms with E-state index >= 15 is 0 Å². The molecule has 0 bridgehead atoms. The Hall–Kier alpha value is -1.91. The number of nitrogens with zero attached hydrogens (tertiary/aromatic N) is 2. The van der Waals surface area contributed by atoms with Gasteiger partial charge in [-0.3, -0.25) is 13.9 Å². The van der Waals surface area contributed by atoms with Crippen molar-refractivity contribution >= 4 is 59.4 Å². The summed E-state index contributed by atoms with van der Waals surface area (Å²) in [7, 11) is -3.75. The second-order valence-electron chi connectivity index (χ2n) is 7.37. The van der Waals surface area contributed by atoms with E-state index in [0.29, 0.717) is 16.7 Å². The van der Waals surface area contributed by atoms with Crippen LogP contribution in [-0.4, -0.2) is 50.5 Å². The van der Waals surface area contributed by atoms with E-state index in [0.717, 1.165) is 27.0 Å². The van der Waals surface area contributed by atoms with Gasteiger partial charge in [0.25, 0.3) is 0 Å². The molecule has 7 nitrogen and oxygen atoms in total. The zero-order valence-corrected chi connectivity index (χ0v) is 22.2.